The molecule has 39 heavy (non-hydrogen) atoms. The van der Waals surface area contributed by atoms with Gasteiger partial charge in [0.2, 0.25) is 5.95 Å². The summed E-state index contributed by atoms with van der Waals surface area (Å²) in [5, 5.41) is 30.5. The molecule has 1 atom stereocenters. The van der Waals surface area contributed by atoms with Crippen molar-refractivity contribution in [2.75, 3.05) is 5.32 Å². The first kappa shape index (κ1) is 27.1. The van der Waals surface area contributed by atoms with E-state index in [1.54, 1.807) is 54.1 Å². The molecule has 2 amide bonds. The molecular formula is C26H21F3N4O6. The lowest BCUT2D eigenvalue weighted by atomic mass is 9.93. The number of hydrogen-bond acceptors (Lipinski definition) is 5. The minimum absolute atomic E-state index is 0.167. The van der Waals surface area contributed by atoms with E-state index in [0.717, 1.165) is 5.56 Å². The quantitative estimate of drug-likeness (QED) is 0.303. The third-order valence-electron chi connectivity index (χ3n) is 6.10. The summed E-state index contributed by atoms with van der Waals surface area (Å²) < 4.78 is 33.3. The van der Waals surface area contributed by atoms with Gasteiger partial charge in [0.15, 0.2) is 5.72 Å². The van der Waals surface area contributed by atoms with E-state index in [4.69, 9.17) is 15.0 Å². The number of aliphatic hydroxyl groups is 1. The van der Waals surface area contributed by atoms with Crippen molar-refractivity contribution in [1.82, 2.24) is 14.5 Å². The van der Waals surface area contributed by atoms with Gasteiger partial charge >= 0.3 is 18.2 Å². The molecule has 5 rings (SSSR count). The summed E-state index contributed by atoms with van der Waals surface area (Å²) >= 11 is 0. The van der Waals surface area contributed by atoms with E-state index in [1.165, 1.54) is 4.90 Å². The summed E-state index contributed by atoms with van der Waals surface area (Å²) in [5.41, 5.74) is 1.83. The molecule has 0 radical (unpaired) electrons. The van der Waals surface area contributed by atoms with Crippen LogP contribution in [0.25, 0.3) is 11.0 Å². The highest BCUT2D eigenvalue weighted by atomic mass is 19.4. The molecule has 4 N–H and O–H groups in total. The van der Waals surface area contributed by atoms with E-state index in [9.17, 15) is 27.9 Å². The number of benzene rings is 3. The van der Waals surface area contributed by atoms with Gasteiger partial charge in [-0.05, 0) is 23.8 Å². The Balaban J connectivity index is 0.000000448. The van der Waals surface area contributed by atoms with Crippen LogP contribution in [-0.2, 0) is 24.1 Å². The van der Waals surface area contributed by atoms with Crippen molar-refractivity contribution in [3.05, 3.63) is 95.1 Å². The van der Waals surface area contributed by atoms with Crippen LogP contribution in [-0.4, -0.2) is 53.9 Å². The van der Waals surface area contributed by atoms with E-state index in [-0.39, 0.29) is 18.4 Å². The summed E-state index contributed by atoms with van der Waals surface area (Å²) in [6.45, 7) is 0.222. The summed E-state index contributed by atoms with van der Waals surface area (Å²) in [4.78, 5) is 39.0. The molecule has 1 unspecified atom stereocenters. The zero-order valence-corrected chi connectivity index (χ0v) is 20.2. The zero-order chi connectivity index (χ0) is 28.5. The van der Waals surface area contributed by atoms with Crippen LogP contribution in [0.3, 0.4) is 0 Å². The van der Waals surface area contributed by atoms with Gasteiger partial charge in [-0.1, -0.05) is 54.6 Å². The summed E-state index contributed by atoms with van der Waals surface area (Å²) in [6, 6.07) is 21.7. The van der Waals surface area contributed by atoms with Gasteiger partial charge in [-0.2, -0.15) is 13.2 Å². The number of fused-ring (bicyclic) bond motifs is 2. The fraction of sp³-hybridized carbons (Fsp3) is 0.154. The smallest absolute Gasteiger partial charge is 0.475 e. The second kappa shape index (κ2) is 10.1. The van der Waals surface area contributed by atoms with Gasteiger partial charge in [0, 0.05) is 30.3 Å². The normalized spacial score (nSPS) is 16.4. The lowest BCUT2D eigenvalue weighted by Gasteiger charge is -2.35. The number of nitrogens with zero attached hydrogens (tertiary/aromatic N) is 3. The number of halogens is 3. The SMILES string of the molecule is Cn1c(NC(=O)O)nc2ccc(C3(O)c4ccccc4C(=O)N3Cc3ccccc3)cc21.O=C(O)C(F)(F)F. The maximum atomic E-state index is 13.3. The van der Waals surface area contributed by atoms with Gasteiger partial charge < -0.3 is 19.9 Å². The lowest BCUT2D eigenvalue weighted by Crippen LogP contribution is -2.44. The maximum Gasteiger partial charge on any atom is 0.490 e. The topological polar surface area (TPSA) is 145 Å². The third-order valence-corrected chi connectivity index (χ3v) is 6.10. The number of amides is 2. The van der Waals surface area contributed by atoms with Gasteiger partial charge in [-0.3, -0.25) is 15.0 Å². The fourth-order valence-corrected chi connectivity index (χ4v) is 4.29. The summed E-state index contributed by atoms with van der Waals surface area (Å²) in [7, 11) is 1.68. The fourth-order valence-electron chi connectivity index (χ4n) is 4.29. The molecule has 202 valence electrons. The molecule has 0 bridgehead atoms. The Bertz CT molecular complexity index is 1570. The number of carbonyl (C=O) groups excluding carboxylic acids is 1. The van der Waals surface area contributed by atoms with Crippen molar-refractivity contribution in [2.24, 2.45) is 7.05 Å². The van der Waals surface area contributed by atoms with E-state index in [0.29, 0.717) is 27.7 Å². The number of imidazole rings is 1. The second-order valence-electron chi connectivity index (χ2n) is 8.53. The maximum absolute atomic E-state index is 13.3. The number of aromatic nitrogens is 2. The minimum atomic E-state index is -5.08. The Morgan fingerprint density at radius 3 is 2.23 bits per heavy atom. The monoisotopic (exact) mass is 542 g/mol. The van der Waals surface area contributed by atoms with Gasteiger partial charge in [0.25, 0.3) is 5.91 Å². The Morgan fingerprint density at radius 1 is 1.00 bits per heavy atom. The highest BCUT2D eigenvalue weighted by Gasteiger charge is 2.49. The number of rotatable bonds is 4. The Labute approximate surface area is 218 Å². The summed E-state index contributed by atoms with van der Waals surface area (Å²) in [5.74, 6) is -2.85. The first-order valence-corrected chi connectivity index (χ1v) is 11.3. The summed E-state index contributed by atoms with van der Waals surface area (Å²) in [6.07, 6.45) is -6.30. The van der Waals surface area contributed by atoms with Crippen molar-refractivity contribution in [3.8, 4) is 0 Å². The third kappa shape index (κ3) is 5.11. The molecule has 4 aromatic rings. The molecule has 0 saturated heterocycles. The molecule has 0 fully saturated rings. The largest absolute Gasteiger partial charge is 0.490 e. The van der Waals surface area contributed by atoms with Crippen molar-refractivity contribution < 1.29 is 42.9 Å². The Morgan fingerprint density at radius 2 is 1.62 bits per heavy atom. The molecule has 0 spiro atoms. The van der Waals surface area contributed by atoms with Gasteiger partial charge in [-0.15, -0.1) is 0 Å². The number of carboxylic acid groups (broad SMARTS) is 2. The van der Waals surface area contributed by atoms with E-state index in [1.807, 2.05) is 30.3 Å². The number of aryl methyl sites for hydroxylation is 1. The highest BCUT2D eigenvalue weighted by Crippen LogP contribution is 2.43. The molecule has 13 heteroatoms. The molecule has 0 saturated carbocycles. The molecular weight excluding hydrogens is 521 g/mol. The molecule has 1 aliphatic heterocycles. The van der Waals surface area contributed by atoms with Crippen molar-refractivity contribution in [2.45, 2.75) is 18.4 Å². The van der Waals surface area contributed by atoms with Gasteiger partial charge in [0.05, 0.1) is 11.0 Å². The Kier molecular flexibility index (Phi) is 7.03. The molecule has 3 aromatic carbocycles. The minimum Gasteiger partial charge on any atom is -0.475 e. The van der Waals surface area contributed by atoms with Crippen molar-refractivity contribution >= 4 is 35.0 Å². The number of anilines is 1. The molecule has 10 nitrogen and oxygen atoms in total. The highest BCUT2D eigenvalue weighted by molar-refractivity contribution is 6.00. The van der Waals surface area contributed by atoms with Crippen LogP contribution in [0.2, 0.25) is 0 Å². The second-order valence-corrected chi connectivity index (χ2v) is 8.53. The predicted octanol–water partition coefficient (Wildman–Crippen LogP) is 4.15. The number of hydrogen-bond donors (Lipinski definition) is 4. The van der Waals surface area contributed by atoms with E-state index < -0.39 is 24.0 Å². The lowest BCUT2D eigenvalue weighted by molar-refractivity contribution is -0.192. The standard InChI is InChI=1S/C24H20N4O4.C2HF3O2/c1-27-20-13-16(11-12-19(20)25-22(27)26-23(30)31)24(32)18-10-6-5-9-17(18)21(29)28(24)14-15-7-3-2-4-8-15;3-2(4,5)1(6)7/h2-13,32H,14H2,1H3,(H,25,26)(H,30,31);(H,6,7). The van der Waals surface area contributed by atoms with Gasteiger partial charge in [0.1, 0.15) is 0 Å². The first-order valence-electron chi connectivity index (χ1n) is 11.3. The molecule has 2 heterocycles. The number of nitrogens with one attached hydrogen (secondary N) is 1. The van der Waals surface area contributed by atoms with Crippen LogP contribution in [0, 0.1) is 0 Å². The number of carboxylic acids is 1. The molecule has 1 aliphatic rings. The van der Waals surface area contributed by atoms with Crippen LogP contribution >= 0.6 is 0 Å². The zero-order valence-electron chi connectivity index (χ0n) is 20.2. The van der Waals surface area contributed by atoms with E-state index in [2.05, 4.69) is 10.3 Å². The van der Waals surface area contributed by atoms with Crippen LogP contribution in [0.15, 0.2) is 72.8 Å². The Hall–Kier alpha value is -4.91. The van der Waals surface area contributed by atoms with Crippen LogP contribution < -0.4 is 5.32 Å². The number of aliphatic carboxylic acids is 1. The number of carbonyl (C=O) groups is 3. The average molecular weight is 542 g/mol. The molecule has 1 aromatic heterocycles. The van der Waals surface area contributed by atoms with Crippen LogP contribution in [0.4, 0.5) is 23.9 Å². The van der Waals surface area contributed by atoms with Crippen molar-refractivity contribution in [3.63, 3.8) is 0 Å². The van der Waals surface area contributed by atoms with Crippen molar-refractivity contribution in [1.29, 1.82) is 0 Å². The first-order chi connectivity index (χ1) is 18.3. The van der Waals surface area contributed by atoms with Crippen LogP contribution in [0.1, 0.15) is 27.0 Å². The van der Waals surface area contributed by atoms with E-state index >= 15 is 0 Å². The average Bonchev–Trinajstić information content (AvgIpc) is 3.31. The van der Waals surface area contributed by atoms with Crippen LogP contribution in [0.5, 0.6) is 0 Å². The predicted molar refractivity (Wildman–Crippen MR) is 132 cm³/mol. The molecule has 0 aliphatic carbocycles. The number of alkyl halides is 3. The van der Waals surface area contributed by atoms with Gasteiger partial charge in [-0.25, -0.2) is 14.6 Å².